The molecule has 0 radical (unpaired) electrons. The number of furan rings is 1. The lowest BCUT2D eigenvalue weighted by atomic mass is 10.2. The Morgan fingerprint density at radius 3 is 2.76 bits per heavy atom. The summed E-state index contributed by atoms with van der Waals surface area (Å²) in [7, 11) is -3.14. The number of nitrogens with zero attached hydrogens (tertiary/aromatic N) is 4. The van der Waals surface area contributed by atoms with Crippen molar-refractivity contribution in [2.45, 2.75) is 39.8 Å². The van der Waals surface area contributed by atoms with E-state index in [4.69, 9.17) is 9.15 Å². The number of ether oxygens (including phenoxy) is 1. The van der Waals surface area contributed by atoms with Crippen molar-refractivity contribution in [1.29, 1.82) is 0 Å². The highest BCUT2D eigenvalue weighted by Crippen LogP contribution is 2.27. The predicted molar refractivity (Wildman–Crippen MR) is 117 cm³/mol. The van der Waals surface area contributed by atoms with Crippen LogP contribution < -0.4 is 10.9 Å². The standard InChI is InChI=1S/C20H23N5O7S/c1-4-31-20(28)16-12(3)32-18-17(16)19(27)24(10-21-18)8-15(26)22-14-7-11(2)23-25(14)13-5-6-33(29,30)9-13/h7,10,13H,4-6,8-9H2,1-3H3,(H,22,26)/t13-/m0/s1. The average molecular weight is 477 g/mol. The van der Waals surface area contributed by atoms with Crippen LogP contribution in [0, 0.1) is 13.8 Å². The van der Waals surface area contributed by atoms with Crippen molar-refractivity contribution in [3.63, 3.8) is 0 Å². The Kier molecular flexibility index (Phi) is 5.82. The maximum absolute atomic E-state index is 13.0. The third kappa shape index (κ3) is 4.40. The molecular formula is C20H23N5O7S. The Labute approximate surface area is 188 Å². The van der Waals surface area contributed by atoms with Gasteiger partial charge >= 0.3 is 5.97 Å². The van der Waals surface area contributed by atoms with Crippen LogP contribution in [0.2, 0.25) is 0 Å². The topological polar surface area (TPSA) is 155 Å². The molecule has 1 N–H and O–H groups in total. The van der Waals surface area contributed by atoms with Gasteiger partial charge in [0.1, 0.15) is 35.4 Å². The number of aromatic nitrogens is 4. The number of hydrogen-bond acceptors (Lipinski definition) is 9. The van der Waals surface area contributed by atoms with Gasteiger partial charge in [-0.1, -0.05) is 0 Å². The molecule has 0 aromatic carbocycles. The van der Waals surface area contributed by atoms with Gasteiger partial charge in [-0.2, -0.15) is 5.10 Å². The average Bonchev–Trinajstić information content (AvgIpc) is 3.38. The highest BCUT2D eigenvalue weighted by atomic mass is 32.2. The molecule has 12 nitrogen and oxygen atoms in total. The summed E-state index contributed by atoms with van der Waals surface area (Å²) in [5.41, 5.74) is -0.0481. The smallest absolute Gasteiger partial charge is 0.342 e. The van der Waals surface area contributed by atoms with Gasteiger partial charge in [0.2, 0.25) is 11.6 Å². The van der Waals surface area contributed by atoms with Gasteiger partial charge in [-0.3, -0.25) is 14.2 Å². The lowest BCUT2D eigenvalue weighted by Crippen LogP contribution is -2.29. The Balaban J connectivity index is 1.60. The molecule has 33 heavy (non-hydrogen) atoms. The molecule has 1 saturated heterocycles. The summed E-state index contributed by atoms with van der Waals surface area (Å²) in [4.78, 5) is 42.1. The fourth-order valence-electron chi connectivity index (χ4n) is 3.89. The predicted octanol–water partition coefficient (Wildman–Crippen LogP) is 0.978. The summed E-state index contributed by atoms with van der Waals surface area (Å²) >= 11 is 0. The number of fused-ring (bicyclic) bond motifs is 1. The largest absolute Gasteiger partial charge is 0.462 e. The zero-order chi connectivity index (χ0) is 23.9. The van der Waals surface area contributed by atoms with E-state index in [9.17, 15) is 22.8 Å². The normalized spacial score (nSPS) is 17.4. The number of esters is 1. The van der Waals surface area contributed by atoms with Crippen LogP contribution in [0.3, 0.4) is 0 Å². The van der Waals surface area contributed by atoms with Crippen molar-refractivity contribution in [3.05, 3.63) is 39.8 Å². The van der Waals surface area contributed by atoms with E-state index in [1.807, 2.05) is 0 Å². The highest BCUT2D eigenvalue weighted by molar-refractivity contribution is 7.91. The molecule has 3 aromatic rings. The zero-order valence-electron chi connectivity index (χ0n) is 18.3. The van der Waals surface area contributed by atoms with Crippen LogP contribution in [0.25, 0.3) is 11.1 Å². The molecule has 1 amide bonds. The van der Waals surface area contributed by atoms with Gasteiger partial charge in [0.15, 0.2) is 9.84 Å². The van der Waals surface area contributed by atoms with E-state index in [1.54, 1.807) is 19.9 Å². The molecule has 3 aromatic heterocycles. The van der Waals surface area contributed by atoms with E-state index >= 15 is 0 Å². The van der Waals surface area contributed by atoms with Gasteiger partial charge < -0.3 is 14.5 Å². The first-order valence-electron chi connectivity index (χ1n) is 10.3. The van der Waals surface area contributed by atoms with Gasteiger partial charge in [-0.25, -0.2) is 22.9 Å². The van der Waals surface area contributed by atoms with Crippen molar-refractivity contribution >= 4 is 38.6 Å². The minimum absolute atomic E-state index is 0.0183. The van der Waals surface area contributed by atoms with E-state index in [0.29, 0.717) is 17.9 Å². The van der Waals surface area contributed by atoms with Gasteiger partial charge in [0.05, 0.1) is 29.8 Å². The number of hydrogen-bond donors (Lipinski definition) is 1. The number of nitrogens with one attached hydrogen (secondary N) is 1. The van der Waals surface area contributed by atoms with Crippen molar-refractivity contribution < 1.29 is 27.2 Å². The van der Waals surface area contributed by atoms with Gasteiger partial charge in [0.25, 0.3) is 5.56 Å². The molecule has 4 heterocycles. The molecule has 176 valence electrons. The Morgan fingerprint density at radius 2 is 2.09 bits per heavy atom. The number of anilines is 1. The second kappa shape index (κ2) is 8.46. The summed E-state index contributed by atoms with van der Waals surface area (Å²) in [6, 6.07) is 1.26. The van der Waals surface area contributed by atoms with E-state index in [-0.39, 0.29) is 53.1 Å². The number of amides is 1. The van der Waals surface area contributed by atoms with Crippen molar-refractivity contribution in [3.8, 4) is 0 Å². The first kappa shape index (κ1) is 22.7. The highest BCUT2D eigenvalue weighted by Gasteiger charge is 2.31. The number of carbonyl (C=O) groups excluding carboxylic acids is 2. The van der Waals surface area contributed by atoms with Crippen molar-refractivity contribution in [1.82, 2.24) is 19.3 Å². The van der Waals surface area contributed by atoms with E-state index < -0.39 is 27.3 Å². The Hall–Kier alpha value is -3.48. The van der Waals surface area contributed by atoms with E-state index in [1.165, 1.54) is 11.6 Å². The molecule has 4 rings (SSSR count). The summed E-state index contributed by atoms with van der Waals surface area (Å²) in [6.07, 6.45) is 1.57. The maximum atomic E-state index is 13.0. The summed E-state index contributed by atoms with van der Waals surface area (Å²) in [5, 5.41) is 6.95. The van der Waals surface area contributed by atoms with Crippen LogP contribution in [0.1, 0.15) is 41.2 Å². The Morgan fingerprint density at radius 1 is 1.33 bits per heavy atom. The third-order valence-electron chi connectivity index (χ3n) is 5.33. The molecule has 1 fully saturated rings. The van der Waals surface area contributed by atoms with Crippen LogP contribution >= 0.6 is 0 Å². The monoisotopic (exact) mass is 477 g/mol. The first-order chi connectivity index (χ1) is 15.6. The molecule has 13 heteroatoms. The third-order valence-corrected chi connectivity index (χ3v) is 7.08. The summed E-state index contributed by atoms with van der Waals surface area (Å²) in [5.74, 6) is -0.695. The van der Waals surface area contributed by atoms with Crippen LogP contribution in [0.5, 0.6) is 0 Å². The number of sulfone groups is 1. The molecule has 0 saturated carbocycles. The van der Waals surface area contributed by atoms with Crippen LogP contribution in [-0.4, -0.2) is 57.7 Å². The molecule has 0 bridgehead atoms. The fourth-order valence-corrected chi connectivity index (χ4v) is 5.58. The summed E-state index contributed by atoms with van der Waals surface area (Å²) < 4.78 is 36.7. The number of rotatable bonds is 6. The molecule has 1 aliphatic heterocycles. The minimum Gasteiger partial charge on any atom is -0.462 e. The lowest BCUT2D eigenvalue weighted by Gasteiger charge is -2.14. The van der Waals surface area contributed by atoms with Crippen LogP contribution in [0.4, 0.5) is 5.82 Å². The van der Waals surface area contributed by atoms with Crippen molar-refractivity contribution in [2.75, 3.05) is 23.4 Å². The molecule has 1 atom stereocenters. The van der Waals surface area contributed by atoms with E-state index in [0.717, 1.165) is 10.9 Å². The minimum atomic E-state index is -3.14. The molecular weight excluding hydrogens is 454 g/mol. The van der Waals surface area contributed by atoms with Gasteiger partial charge in [-0.05, 0) is 27.2 Å². The van der Waals surface area contributed by atoms with Crippen molar-refractivity contribution in [2.24, 2.45) is 0 Å². The SMILES string of the molecule is CCOC(=O)c1c(C)oc2ncn(CC(=O)Nc3cc(C)nn3[C@H]3CCS(=O)(=O)C3)c(=O)c12. The first-order valence-corrected chi connectivity index (χ1v) is 12.1. The molecule has 0 spiro atoms. The zero-order valence-corrected chi connectivity index (χ0v) is 19.1. The fraction of sp³-hybridized carbons (Fsp3) is 0.450. The quantitative estimate of drug-likeness (QED) is 0.511. The summed E-state index contributed by atoms with van der Waals surface area (Å²) in [6.45, 7) is 4.63. The Bertz CT molecular complexity index is 1420. The van der Waals surface area contributed by atoms with Gasteiger partial charge in [0, 0.05) is 6.07 Å². The van der Waals surface area contributed by atoms with Crippen LogP contribution in [0.15, 0.2) is 21.6 Å². The second-order valence-electron chi connectivity index (χ2n) is 7.83. The second-order valence-corrected chi connectivity index (χ2v) is 10.1. The van der Waals surface area contributed by atoms with Gasteiger partial charge in [-0.15, -0.1) is 0 Å². The van der Waals surface area contributed by atoms with Crippen LogP contribution in [-0.2, 0) is 25.9 Å². The number of carbonyl (C=O) groups is 2. The van der Waals surface area contributed by atoms with E-state index in [2.05, 4.69) is 15.4 Å². The maximum Gasteiger partial charge on any atom is 0.342 e. The molecule has 0 unspecified atom stereocenters. The molecule has 0 aliphatic carbocycles. The lowest BCUT2D eigenvalue weighted by molar-refractivity contribution is -0.116. The molecule has 1 aliphatic rings. The number of aryl methyl sites for hydroxylation is 2.